The first kappa shape index (κ1) is 17.7. The molecule has 1 heterocycles. The molecule has 1 unspecified atom stereocenters. The first-order chi connectivity index (χ1) is 12.6. The van der Waals surface area contributed by atoms with Crippen molar-refractivity contribution in [3.05, 3.63) is 78.1 Å². The molecule has 0 saturated heterocycles. The predicted octanol–water partition coefficient (Wildman–Crippen LogP) is 4.01. The minimum absolute atomic E-state index is 0.0702. The molecule has 134 valence electrons. The molecule has 2 aromatic carbocycles. The van der Waals surface area contributed by atoms with Gasteiger partial charge in [0.25, 0.3) is 5.91 Å². The minimum Gasteiger partial charge on any atom is -0.497 e. The quantitative estimate of drug-likeness (QED) is 0.731. The molecule has 1 atom stereocenters. The Morgan fingerprint density at radius 1 is 1.08 bits per heavy atom. The highest BCUT2D eigenvalue weighted by Crippen LogP contribution is 2.24. The zero-order valence-corrected chi connectivity index (χ0v) is 15.2. The van der Waals surface area contributed by atoms with Crippen LogP contribution in [0.25, 0.3) is 5.69 Å². The Bertz CT molecular complexity index is 838. The standard InChI is InChI=1S/C21H23N3O2/c1-15(2)20(16-7-11-19(26-3)12-8-16)23-21(25)17-5-9-18(10-6-17)24-14-4-13-22-24/h4-15,20H,1-3H3,(H,23,25). The molecular weight excluding hydrogens is 326 g/mol. The summed E-state index contributed by atoms with van der Waals surface area (Å²) in [5.41, 5.74) is 2.60. The third-order valence-electron chi connectivity index (χ3n) is 4.33. The molecule has 5 heteroatoms. The number of amides is 1. The second kappa shape index (κ2) is 7.87. The van der Waals surface area contributed by atoms with Gasteiger partial charge in [-0.3, -0.25) is 4.79 Å². The first-order valence-corrected chi connectivity index (χ1v) is 8.63. The van der Waals surface area contributed by atoms with E-state index in [0.717, 1.165) is 17.0 Å². The fourth-order valence-electron chi connectivity index (χ4n) is 2.86. The molecule has 0 aliphatic heterocycles. The Morgan fingerprint density at radius 3 is 2.31 bits per heavy atom. The van der Waals surface area contributed by atoms with E-state index in [1.807, 2.05) is 60.8 Å². The van der Waals surface area contributed by atoms with E-state index >= 15 is 0 Å². The van der Waals surface area contributed by atoms with Gasteiger partial charge in [0.05, 0.1) is 18.8 Å². The van der Waals surface area contributed by atoms with E-state index in [1.54, 1.807) is 18.0 Å². The Hall–Kier alpha value is -3.08. The highest BCUT2D eigenvalue weighted by atomic mass is 16.5. The Morgan fingerprint density at radius 2 is 1.77 bits per heavy atom. The predicted molar refractivity (Wildman–Crippen MR) is 102 cm³/mol. The number of aromatic nitrogens is 2. The lowest BCUT2D eigenvalue weighted by atomic mass is 9.95. The topological polar surface area (TPSA) is 56.1 Å². The van der Waals surface area contributed by atoms with Crippen LogP contribution in [-0.2, 0) is 0 Å². The van der Waals surface area contributed by atoms with Crippen molar-refractivity contribution in [2.45, 2.75) is 19.9 Å². The Labute approximate surface area is 153 Å². The van der Waals surface area contributed by atoms with Gasteiger partial charge < -0.3 is 10.1 Å². The van der Waals surface area contributed by atoms with Gasteiger partial charge >= 0.3 is 0 Å². The maximum Gasteiger partial charge on any atom is 0.251 e. The molecule has 1 aromatic heterocycles. The number of nitrogens with one attached hydrogen (secondary N) is 1. The van der Waals surface area contributed by atoms with Gasteiger partial charge in [0.15, 0.2) is 0 Å². The van der Waals surface area contributed by atoms with Crippen LogP contribution >= 0.6 is 0 Å². The zero-order valence-electron chi connectivity index (χ0n) is 15.2. The molecular formula is C21H23N3O2. The largest absolute Gasteiger partial charge is 0.497 e. The second-order valence-corrected chi connectivity index (χ2v) is 6.47. The minimum atomic E-state index is -0.0912. The lowest BCUT2D eigenvalue weighted by molar-refractivity contribution is 0.0925. The molecule has 3 aromatic rings. The number of hydrogen-bond acceptors (Lipinski definition) is 3. The molecule has 0 fully saturated rings. The summed E-state index contributed by atoms with van der Waals surface area (Å²) in [6.45, 7) is 4.19. The lowest BCUT2D eigenvalue weighted by Gasteiger charge is -2.23. The molecule has 0 bridgehead atoms. The fraction of sp³-hybridized carbons (Fsp3) is 0.238. The maximum atomic E-state index is 12.7. The van der Waals surface area contributed by atoms with Gasteiger partial charge in [-0.2, -0.15) is 5.10 Å². The summed E-state index contributed by atoms with van der Waals surface area (Å²) in [7, 11) is 1.64. The van der Waals surface area contributed by atoms with Crippen LogP contribution in [0.5, 0.6) is 5.75 Å². The number of carbonyl (C=O) groups is 1. The van der Waals surface area contributed by atoms with Crippen LogP contribution in [-0.4, -0.2) is 22.8 Å². The summed E-state index contributed by atoms with van der Waals surface area (Å²) >= 11 is 0. The number of nitrogens with zero attached hydrogens (tertiary/aromatic N) is 2. The number of ether oxygens (including phenoxy) is 1. The summed E-state index contributed by atoms with van der Waals surface area (Å²) in [5, 5.41) is 7.33. The van der Waals surface area contributed by atoms with Gasteiger partial charge in [-0.15, -0.1) is 0 Å². The molecule has 5 nitrogen and oxygen atoms in total. The van der Waals surface area contributed by atoms with Crippen molar-refractivity contribution in [1.29, 1.82) is 0 Å². The molecule has 26 heavy (non-hydrogen) atoms. The van der Waals surface area contributed by atoms with E-state index in [0.29, 0.717) is 5.56 Å². The highest BCUT2D eigenvalue weighted by molar-refractivity contribution is 5.94. The first-order valence-electron chi connectivity index (χ1n) is 8.63. The number of rotatable bonds is 6. The lowest BCUT2D eigenvalue weighted by Crippen LogP contribution is -2.31. The van der Waals surface area contributed by atoms with E-state index in [4.69, 9.17) is 4.74 Å². The van der Waals surface area contributed by atoms with Gasteiger partial charge in [0.1, 0.15) is 5.75 Å². The number of hydrogen-bond donors (Lipinski definition) is 1. The van der Waals surface area contributed by atoms with Crippen LogP contribution in [0.15, 0.2) is 67.0 Å². The van der Waals surface area contributed by atoms with Crippen LogP contribution in [0.3, 0.4) is 0 Å². The fourth-order valence-corrected chi connectivity index (χ4v) is 2.86. The average Bonchev–Trinajstić information content (AvgIpc) is 3.21. The summed E-state index contributed by atoms with van der Waals surface area (Å²) < 4.78 is 6.97. The van der Waals surface area contributed by atoms with Crippen LogP contribution in [0, 0.1) is 5.92 Å². The molecule has 0 spiro atoms. The van der Waals surface area contributed by atoms with Crippen LogP contribution in [0.1, 0.15) is 35.8 Å². The SMILES string of the molecule is COc1ccc(C(NC(=O)c2ccc(-n3cccn3)cc2)C(C)C)cc1. The van der Waals surface area contributed by atoms with Crippen LogP contribution in [0.2, 0.25) is 0 Å². The zero-order chi connectivity index (χ0) is 18.5. The molecule has 3 rings (SSSR count). The Kier molecular flexibility index (Phi) is 5.37. The molecule has 1 N–H and O–H groups in total. The normalized spacial score (nSPS) is 12.0. The number of methoxy groups -OCH3 is 1. The Balaban J connectivity index is 1.75. The molecule has 0 aliphatic carbocycles. The monoisotopic (exact) mass is 349 g/mol. The van der Waals surface area contributed by atoms with Crippen molar-refractivity contribution in [1.82, 2.24) is 15.1 Å². The molecule has 0 saturated carbocycles. The third-order valence-corrected chi connectivity index (χ3v) is 4.33. The molecule has 0 radical (unpaired) electrons. The van der Waals surface area contributed by atoms with Gasteiger partial charge in [-0.25, -0.2) is 4.68 Å². The summed E-state index contributed by atoms with van der Waals surface area (Å²) in [4.78, 5) is 12.7. The van der Waals surface area contributed by atoms with Crippen molar-refractivity contribution < 1.29 is 9.53 Å². The summed E-state index contributed by atoms with van der Waals surface area (Å²) in [6.07, 6.45) is 3.59. The van der Waals surface area contributed by atoms with E-state index in [-0.39, 0.29) is 17.9 Å². The smallest absolute Gasteiger partial charge is 0.251 e. The average molecular weight is 349 g/mol. The van der Waals surface area contributed by atoms with Crippen LogP contribution in [0.4, 0.5) is 0 Å². The maximum absolute atomic E-state index is 12.7. The van der Waals surface area contributed by atoms with Crippen LogP contribution < -0.4 is 10.1 Å². The van der Waals surface area contributed by atoms with Gasteiger partial charge in [0.2, 0.25) is 0 Å². The van der Waals surface area contributed by atoms with E-state index in [9.17, 15) is 4.79 Å². The second-order valence-electron chi connectivity index (χ2n) is 6.47. The highest BCUT2D eigenvalue weighted by Gasteiger charge is 2.19. The van der Waals surface area contributed by atoms with Gasteiger partial charge in [0, 0.05) is 18.0 Å². The summed E-state index contributed by atoms with van der Waals surface area (Å²) in [6, 6.07) is 17.0. The van der Waals surface area contributed by atoms with E-state index < -0.39 is 0 Å². The third kappa shape index (κ3) is 3.94. The summed E-state index contributed by atoms with van der Waals surface area (Å²) in [5.74, 6) is 0.971. The van der Waals surface area contributed by atoms with Crippen molar-refractivity contribution in [3.63, 3.8) is 0 Å². The molecule has 1 amide bonds. The van der Waals surface area contributed by atoms with Crippen molar-refractivity contribution >= 4 is 5.91 Å². The van der Waals surface area contributed by atoms with E-state index in [1.165, 1.54) is 0 Å². The van der Waals surface area contributed by atoms with Gasteiger partial charge in [-0.1, -0.05) is 26.0 Å². The van der Waals surface area contributed by atoms with Crippen molar-refractivity contribution in [3.8, 4) is 11.4 Å². The number of benzene rings is 2. The number of carbonyl (C=O) groups excluding carboxylic acids is 1. The van der Waals surface area contributed by atoms with Gasteiger partial charge in [-0.05, 0) is 53.9 Å². The molecule has 0 aliphatic rings. The van der Waals surface area contributed by atoms with E-state index in [2.05, 4.69) is 24.3 Å². The van der Waals surface area contributed by atoms with Crippen molar-refractivity contribution in [2.75, 3.05) is 7.11 Å². The van der Waals surface area contributed by atoms with Crippen molar-refractivity contribution in [2.24, 2.45) is 5.92 Å².